The van der Waals surface area contributed by atoms with Gasteiger partial charge >= 0.3 is 0 Å². The van der Waals surface area contributed by atoms with Crippen molar-refractivity contribution in [1.29, 1.82) is 0 Å². The summed E-state index contributed by atoms with van der Waals surface area (Å²) in [7, 11) is 0. The second-order valence-corrected chi connectivity index (χ2v) is 7.68. The van der Waals surface area contributed by atoms with Crippen LogP contribution >= 0.6 is 0 Å². The summed E-state index contributed by atoms with van der Waals surface area (Å²) in [6.45, 7) is 7.12. The maximum Gasteiger partial charge on any atom is 0.225 e. The predicted octanol–water partition coefficient (Wildman–Crippen LogP) is 3.16. The first kappa shape index (κ1) is 18.5. The summed E-state index contributed by atoms with van der Waals surface area (Å²) in [5.41, 5.74) is 0.916. The zero-order valence-electron chi connectivity index (χ0n) is 15.2. The summed E-state index contributed by atoms with van der Waals surface area (Å²) in [6.07, 6.45) is 4.32. The first-order chi connectivity index (χ1) is 11.4. The summed E-state index contributed by atoms with van der Waals surface area (Å²) < 4.78 is 0. The molecule has 0 aliphatic carbocycles. The van der Waals surface area contributed by atoms with Crippen LogP contribution in [0.5, 0.6) is 0 Å². The van der Waals surface area contributed by atoms with Gasteiger partial charge < -0.3 is 10.2 Å². The fourth-order valence-electron chi connectivity index (χ4n) is 3.11. The van der Waals surface area contributed by atoms with E-state index >= 15 is 0 Å². The van der Waals surface area contributed by atoms with Crippen LogP contribution < -0.4 is 5.32 Å². The molecule has 2 rings (SSSR count). The molecule has 0 radical (unpaired) electrons. The van der Waals surface area contributed by atoms with E-state index in [9.17, 15) is 9.59 Å². The Balaban J connectivity index is 1.76. The topological polar surface area (TPSA) is 49.4 Å². The van der Waals surface area contributed by atoms with Crippen LogP contribution in [0.25, 0.3) is 0 Å². The molecular formula is C20H30N2O2. The zero-order valence-corrected chi connectivity index (χ0v) is 15.2. The summed E-state index contributed by atoms with van der Waals surface area (Å²) in [6, 6.07) is 10.7. The Morgan fingerprint density at radius 2 is 1.92 bits per heavy atom. The molecule has 1 saturated heterocycles. The quantitative estimate of drug-likeness (QED) is 0.815. The molecule has 0 saturated carbocycles. The first-order valence-corrected chi connectivity index (χ1v) is 8.99. The Hall–Kier alpha value is -1.84. The normalized spacial score (nSPS) is 17.8. The molecule has 1 aliphatic rings. The van der Waals surface area contributed by atoms with E-state index in [0.717, 1.165) is 25.8 Å². The third-order valence-electron chi connectivity index (χ3n) is 4.55. The minimum atomic E-state index is -0.375. The van der Waals surface area contributed by atoms with Crippen LogP contribution in [-0.4, -0.2) is 35.8 Å². The average molecular weight is 330 g/mol. The van der Waals surface area contributed by atoms with Crippen LogP contribution in [0.4, 0.5) is 0 Å². The molecule has 1 heterocycles. The lowest BCUT2D eigenvalue weighted by atomic mass is 9.96. The van der Waals surface area contributed by atoms with Crippen LogP contribution in [0.15, 0.2) is 30.3 Å². The van der Waals surface area contributed by atoms with Crippen molar-refractivity contribution in [3.8, 4) is 0 Å². The Morgan fingerprint density at radius 1 is 1.21 bits per heavy atom. The molecule has 1 atom stereocenters. The Kier molecular flexibility index (Phi) is 6.41. The fourth-order valence-corrected chi connectivity index (χ4v) is 3.11. The van der Waals surface area contributed by atoms with E-state index in [2.05, 4.69) is 17.4 Å². The predicted molar refractivity (Wildman–Crippen MR) is 96.6 cm³/mol. The summed E-state index contributed by atoms with van der Waals surface area (Å²) >= 11 is 0. The molecule has 1 N–H and O–H groups in total. The number of nitrogens with one attached hydrogen (secondary N) is 1. The zero-order chi connectivity index (χ0) is 17.6. The molecule has 4 nitrogen and oxygen atoms in total. The van der Waals surface area contributed by atoms with Crippen molar-refractivity contribution in [1.82, 2.24) is 10.2 Å². The molecular weight excluding hydrogens is 300 g/mol. The lowest BCUT2D eigenvalue weighted by Gasteiger charge is -2.25. The third kappa shape index (κ3) is 5.36. The van der Waals surface area contributed by atoms with E-state index in [4.69, 9.17) is 0 Å². The number of hydrogen-bond donors (Lipinski definition) is 1. The maximum absolute atomic E-state index is 12.5. The minimum Gasteiger partial charge on any atom is -0.356 e. The number of carbonyl (C=O) groups is 2. The lowest BCUT2D eigenvalue weighted by molar-refractivity contribution is -0.132. The summed E-state index contributed by atoms with van der Waals surface area (Å²) in [5, 5.41) is 2.91. The van der Waals surface area contributed by atoms with Gasteiger partial charge in [0.25, 0.3) is 0 Å². The van der Waals surface area contributed by atoms with Crippen molar-refractivity contribution in [2.45, 2.75) is 58.9 Å². The van der Waals surface area contributed by atoms with Gasteiger partial charge in [-0.2, -0.15) is 0 Å². The third-order valence-corrected chi connectivity index (χ3v) is 4.55. The van der Waals surface area contributed by atoms with Gasteiger partial charge in [0.15, 0.2) is 0 Å². The molecule has 0 bridgehead atoms. The van der Waals surface area contributed by atoms with Gasteiger partial charge in [-0.1, -0.05) is 51.1 Å². The number of amides is 2. The van der Waals surface area contributed by atoms with Crippen LogP contribution in [0, 0.1) is 5.41 Å². The van der Waals surface area contributed by atoms with Gasteiger partial charge in [0.1, 0.15) is 0 Å². The van der Waals surface area contributed by atoms with Gasteiger partial charge in [-0.05, 0) is 31.2 Å². The molecule has 4 heteroatoms. The highest BCUT2D eigenvalue weighted by Gasteiger charge is 2.28. The molecule has 1 aromatic rings. The molecule has 1 fully saturated rings. The fraction of sp³-hybridized carbons (Fsp3) is 0.600. The molecule has 24 heavy (non-hydrogen) atoms. The van der Waals surface area contributed by atoms with Crippen molar-refractivity contribution < 1.29 is 9.59 Å². The molecule has 2 amide bonds. The lowest BCUT2D eigenvalue weighted by Crippen LogP contribution is -2.38. The van der Waals surface area contributed by atoms with Gasteiger partial charge in [-0.15, -0.1) is 0 Å². The van der Waals surface area contributed by atoms with Crippen LogP contribution in [-0.2, 0) is 16.0 Å². The van der Waals surface area contributed by atoms with E-state index < -0.39 is 0 Å². The van der Waals surface area contributed by atoms with Crippen LogP contribution in [0.1, 0.15) is 52.0 Å². The maximum atomic E-state index is 12.5. The molecule has 0 spiro atoms. The van der Waals surface area contributed by atoms with Gasteiger partial charge in [-0.3, -0.25) is 9.59 Å². The highest BCUT2D eigenvalue weighted by atomic mass is 16.2. The highest BCUT2D eigenvalue weighted by molar-refractivity contribution is 5.81. The largest absolute Gasteiger partial charge is 0.356 e. The van der Waals surface area contributed by atoms with E-state index in [0.29, 0.717) is 25.4 Å². The van der Waals surface area contributed by atoms with Gasteiger partial charge in [0.2, 0.25) is 11.8 Å². The number of nitrogens with zero attached hydrogens (tertiary/aromatic N) is 1. The van der Waals surface area contributed by atoms with Crippen molar-refractivity contribution in [2.24, 2.45) is 5.41 Å². The Labute approximate surface area is 145 Å². The number of rotatable bonds is 6. The van der Waals surface area contributed by atoms with Gasteiger partial charge in [0.05, 0.1) is 0 Å². The van der Waals surface area contributed by atoms with Crippen molar-refractivity contribution >= 4 is 11.8 Å². The molecule has 1 aliphatic heterocycles. The number of carbonyl (C=O) groups excluding carboxylic acids is 2. The minimum absolute atomic E-state index is 0.0399. The number of benzene rings is 1. The van der Waals surface area contributed by atoms with Crippen molar-refractivity contribution in [2.75, 3.05) is 13.1 Å². The second kappa shape index (κ2) is 8.32. The smallest absolute Gasteiger partial charge is 0.225 e. The Bertz CT molecular complexity index is 549. The standard InChI is InChI=1S/C20H30N2O2/c1-20(2,3)19(24)21-13-7-12-18(23)22-14-8-11-17(22)15-16-9-5-4-6-10-16/h4-6,9-10,17H,7-8,11-15H2,1-3H3,(H,21,24). The Morgan fingerprint density at radius 3 is 2.58 bits per heavy atom. The molecule has 1 unspecified atom stereocenters. The number of likely N-dealkylation sites (tertiary alicyclic amines) is 1. The second-order valence-electron chi connectivity index (χ2n) is 7.68. The van der Waals surface area contributed by atoms with E-state index in [1.54, 1.807) is 0 Å². The summed E-state index contributed by atoms with van der Waals surface area (Å²) in [5.74, 6) is 0.261. The van der Waals surface area contributed by atoms with Gasteiger partial charge in [-0.25, -0.2) is 0 Å². The molecule has 0 aromatic heterocycles. The van der Waals surface area contributed by atoms with Crippen LogP contribution in [0.2, 0.25) is 0 Å². The first-order valence-electron chi connectivity index (χ1n) is 8.99. The van der Waals surface area contributed by atoms with Crippen LogP contribution in [0.3, 0.4) is 0 Å². The molecule has 1 aromatic carbocycles. The molecule has 132 valence electrons. The van der Waals surface area contributed by atoms with Crippen molar-refractivity contribution in [3.63, 3.8) is 0 Å². The van der Waals surface area contributed by atoms with Crippen molar-refractivity contribution in [3.05, 3.63) is 35.9 Å². The monoisotopic (exact) mass is 330 g/mol. The average Bonchev–Trinajstić information content (AvgIpc) is 2.99. The summed E-state index contributed by atoms with van der Waals surface area (Å²) in [4.78, 5) is 26.4. The number of hydrogen-bond acceptors (Lipinski definition) is 2. The highest BCUT2D eigenvalue weighted by Crippen LogP contribution is 2.22. The van der Waals surface area contributed by atoms with E-state index in [1.165, 1.54) is 5.56 Å². The van der Waals surface area contributed by atoms with Gasteiger partial charge in [0, 0.05) is 31.0 Å². The SMILES string of the molecule is CC(C)(C)C(=O)NCCCC(=O)N1CCCC1Cc1ccccc1. The van der Waals surface area contributed by atoms with E-state index in [-0.39, 0.29) is 17.2 Å². The van der Waals surface area contributed by atoms with E-state index in [1.807, 2.05) is 43.9 Å².